The number of likely N-dealkylation sites (N-methyl/N-ethyl adjacent to an activating group) is 1. The predicted molar refractivity (Wildman–Crippen MR) is 60.2 cm³/mol. The van der Waals surface area contributed by atoms with Gasteiger partial charge in [-0.25, -0.2) is 0 Å². The molecule has 86 valence electrons. The van der Waals surface area contributed by atoms with Gasteiger partial charge in [0, 0.05) is 40.3 Å². The Morgan fingerprint density at radius 1 is 1.13 bits per heavy atom. The van der Waals surface area contributed by atoms with Gasteiger partial charge in [0.25, 0.3) is 0 Å². The quantitative estimate of drug-likeness (QED) is 0.703. The number of allylic oxidation sites excluding steroid dienone is 1. The summed E-state index contributed by atoms with van der Waals surface area (Å²) in [6.07, 6.45) is 2.38. The van der Waals surface area contributed by atoms with E-state index in [0.29, 0.717) is 0 Å². The molecular weight excluding hydrogens is 190 g/mol. The van der Waals surface area contributed by atoms with Crippen LogP contribution in [-0.2, 0) is 0 Å². The molecule has 0 aliphatic carbocycles. The molecule has 0 saturated carbocycles. The van der Waals surface area contributed by atoms with Crippen molar-refractivity contribution in [3.8, 4) is 0 Å². The number of aliphatic hydroxyl groups excluding tert-OH is 1. The van der Waals surface area contributed by atoms with Crippen LogP contribution in [0.3, 0.4) is 0 Å². The number of aliphatic hydroxyl groups is 1. The molecule has 0 aromatic rings. The highest BCUT2D eigenvalue weighted by Crippen LogP contribution is 2.28. The highest BCUT2D eigenvalue weighted by molar-refractivity contribution is 5.17. The number of hydrogen-bond donors (Lipinski definition) is 1. The van der Waals surface area contributed by atoms with Gasteiger partial charge in [-0.05, 0) is 12.8 Å². The summed E-state index contributed by atoms with van der Waals surface area (Å²) < 4.78 is 0. The van der Waals surface area contributed by atoms with Gasteiger partial charge in [0.05, 0.1) is 12.3 Å². The number of hydrogen-bond acceptors (Lipinski definition) is 4. The Balaban J connectivity index is 2.25. The van der Waals surface area contributed by atoms with Crippen LogP contribution in [0.5, 0.6) is 0 Å². The molecular formula is C11H21N3O. The van der Waals surface area contributed by atoms with E-state index in [-0.39, 0.29) is 6.61 Å². The van der Waals surface area contributed by atoms with Gasteiger partial charge in [-0.15, -0.1) is 0 Å². The van der Waals surface area contributed by atoms with Gasteiger partial charge < -0.3 is 19.8 Å². The van der Waals surface area contributed by atoms with Crippen molar-refractivity contribution < 1.29 is 5.11 Å². The van der Waals surface area contributed by atoms with Crippen LogP contribution in [0.15, 0.2) is 11.5 Å². The van der Waals surface area contributed by atoms with Crippen molar-refractivity contribution in [1.29, 1.82) is 0 Å². The predicted octanol–water partition coefficient (Wildman–Crippen LogP) is 0.121. The average molecular weight is 211 g/mol. The van der Waals surface area contributed by atoms with Gasteiger partial charge >= 0.3 is 0 Å². The minimum Gasteiger partial charge on any atom is -0.395 e. The molecule has 4 nitrogen and oxygen atoms in total. The van der Waals surface area contributed by atoms with E-state index >= 15 is 0 Å². The van der Waals surface area contributed by atoms with Crippen molar-refractivity contribution in [1.82, 2.24) is 14.7 Å². The Bertz CT molecular complexity index is 259. The monoisotopic (exact) mass is 211 g/mol. The van der Waals surface area contributed by atoms with E-state index in [4.69, 9.17) is 5.11 Å². The van der Waals surface area contributed by atoms with Gasteiger partial charge in [0.1, 0.15) is 5.82 Å². The zero-order valence-electron chi connectivity index (χ0n) is 9.74. The van der Waals surface area contributed by atoms with Crippen LogP contribution in [0.25, 0.3) is 0 Å². The van der Waals surface area contributed by atoms with Gasteiger partial charge in [0.2, 0.25) is 0 Å². The molecule has 0 bridgehead atoms. The lowest BCUT2D eigenvalue weighted by molar-refractivity contribution is 0.138. The molecule has 0 unspecified atom stereocenters. The Morgan fingerprint density at radius 3 is 2.60 bits per heavy atom. The van der Waals surface area contributed by atoms with Gasteiger partial charge in [-0.2, -0.15) is 0 Å². The third-order valence-electron chi connectivity index (χ3n) is 3.35. The van der Waals surface area contributed by atoms with Crippen LogP contribution in [0.2, 0.25) is 0 Å². The third-order valence-corrected chi connectivity index (χ3v) is 3.35. The van der Waals surface area contributed by atoms with Crippen molar-refractivity contribution in [2.45, 2.75) is 12.8 Å². The lowest BCUT2D eigenvalue weighted by Crippen LogP contribution is -2.47. The summed E-state index contributed by atoms with van der Waals surface area (Å²) in [5.41, 5.74) is 1.42. The van der Waals surface area contributed by atoms with E-state index in [1.807, 2.05) is 0 Å². The van der Waals surface area contributed by atoms with Crippen LogP contribution in [0.4, 0.5) is 0 Å². The molecule has 0 fully saturated rings. The first-order chi connectivity index (χ1) is 7.24. The summed E-state index contributed by atoms with van der Waals surface area (Å²) in [4.78, 5) is 7.01. The lowest BCUT2D eigenvalue weighted by atomic mass is 10.1. The maximum absolute atomic E-state index is 9.05. The summed E-state index contributed by atoms with van der Waals surface area (Å²) in [5.74, 6) is 1.36. The second-order valence-corrected chi connectivity index (χ2v) is 4.43. The molecule has 0 radical (unpaired) electrons. The van der Waals surface area contributed by atoms with E-state index in [2.05, 4.69) is 28.8 Å². The number of β-amino-alcohol motifs (C(OH)–C–C–N with tert-alkyl or cyclic N) is 1. The molecule has 2 aliphatic rings. The van der Waals surface area contributed by atoms with E-state index in [9.17, 15) is 0 Å². The first kappa shape index (κ1) is 10.6. The van der Waals surface area contributed by atoms with Crippen LogP contribution in [0.1, 0.15) is 12.8 Å². The Morgan fingerprint density at radius 2 is 1.87 bits per heavy atom. The molecule has 0 saturated heterocycles. The Hall–Kier alpha value is -0.900. The van der Waals surface area contributed by atoms with Crippen molar-refractivity contribution >= 4 is 0 Å². The maximum atomic E-state index is 9.05. The molecule has 15 heavy (non-hydrogen) atoms. The minimum absolute atomic E-state index is 0.254. The van der Waals surface area contributed by atoms with Crippen molar-refractivity contribution in [3.63, 3.8) is 0 Å². The molecule has 0 amide bonds. The first-order valence-corrected chi connectivity index (χ1v) is 5.75. The summed E-state index contributed by atoms with van der Waals surface area (Å²) in [6, 6.07) is 0. The van der Waals surface area contributed by atoms with Crippen molar-refractivity contribution in [2.24, 2.45) is 0 Å². The fourth-order valence-corrected chi connectivity index (χ4v) is 2.61. The van der Waals surface area contributed by atoms with E-state index < -0.39 is 0 Å². The third kappa shape index (κ3) is 1.91. The van der Waals surface area contributed by atoms with Crippen LogP contribution >= 0.6 is 0 Å². The number of rotatable bonds is 2. The highest BCUT2D eigenvalue weighted by Gasteiger charge is 2.27. The molecule has 2 heterocycles. The maximum Gasteiger partial charge on any atom is 0.123 e. The molecule has 4 heteroatoms. The molecule has 0 atom stereocenters. The molecule has 0 spiro atoms. The topological polar surface area (TPSA) is 30.0 Å². The Kier molecular flexibility index (Phi) is 3.05. The second-order valence-electron chi connectivity index (χ2n) is 4.43. The van der Waals surface area contributed by atoms with Crippen LogP contribution < -0.4 is 0 Å². The Labute approximate surface area is 91.8 Å². The largest absolute Gasteiger partial charge is 0.395 e. The minimum atomic E-state index is 0.254. The average Bonchev–Trinajstić information content (AvgIpc) is 2.22. The zero-order valence-corrected chi connectivity index (χ0v) is 9.74. The smallest absolute Gasteiger partial charge is 0.123 e. The fraction of sp³-hybridized carbons (Fsp3) is 0.818. The molecule has 0 aromatic carbocycles. The normalized spacial score (nSPS) is 22.2. The van der Waals surface area contributed by atoms with Gasteiger partial charge in [0.15, 0.2) is 0 Å². The molecule has 2 rings (SSSR count). The van der Waals surface area contributed by atoms with Crippen molar-refractivity contribution in [2.75, 3.05) is 46.9 Å². The SMILES string of the molecule is CN1CCCC2=C1N(C)CCN2CCO. The second kappa shape index (κ2) is 4.31. The van der Waals surface area contributed by atoms with E-state index in [1.165, 1.54) is 17.9 Å². The summed E-state index contributed by atoms with van der Waals surface area (Å²) in [7, 11) is 4.32. The summed E-state index contributed by atoms with van der Waals surface area (Å²) in [5, 5.41) is 9.05. The molecule has 1 N–H and O–H groups in total. The van der Waals surface area contributed by atoms with E-state index in [1.54, 1.807) is 0 Å². The molecule has 2 aliphatic heterocycles. The first-order valence-electron chi connectivity index (χ1n) is 5.75. The summed E-state index contributed by atoms with van der Waals surface area (Å²) >= 11 is 0. The van der Waals surface area contributed by atoms with Crippen LogP contribution in [0, 0.1) is 0 Å². The van der Waals surface area contributed by atoms with E-state index in [0.717, 1.165) is 32.6 Å². The van der Waals surface area contributed by atoms with Gasteiger partial charge in [-0.3, -0.25) is 0 Å². The van der Waals surface area contributed by atoms with Crippen LogP contribution in [-0.4, -0.2) is 66.7 Å². The fourth-order valence-electron chi connectivity index (χ4n) is 2.61. The summed E-state index contributed by atoms with van der Waals surface area (Å²) in [6.45, 7) is 4.29. The lowest BCUT2D eigenvalue weighted by Gasteiger charge is -2.45. The van der Waals surface area contributed by atoms with Crippen molar-refractivity contribution in [3.05, 3.63) is 11.5 Å². The highest BCUT2D eigenvalue weighted by atomic mass is 16.3. The van der Waals surface area contributed by atoms with Gasteiger partial charge in [-0.1, -0.05) is 0 Å². The number of nitrogens with zero attached hydrogens (tertiary/aromatic N) is 3. The zero-order chi connectivity index (χ0) is 10.8. The molecule has 0 aromatic heterocycles. The standard InChI is InChI=1S/C11H21N3O/c1-12-5-3-4-10-11(12)13(2)6-7-14(10)8-9-15/h15H,3-9H2,1-2H3.